The summed E-state index contributed by atoms with van der Waals surface area (Å²) in [4.78, 5) is 4.98. The molecule has 0 spiro atoms. The lowest BCUT2D eigenvalue weighted by Crippen LogP contribution is -2.56. The number of rotatable bonds is 4. The lowest BCUT2D eigenvalue weighted by Gasteiger charge is -2.45. The summed E-state index contributed by atoms with van der Waals surface area (Å²) >= 11 is 0. The van der Waals surface area contributed by atoms with Crippen LogP contribution in [0.15, 0.2) is 24.3 Å². The SMILES string of the molecule is CCc1ccc(N2CC(C)N(C)CC2CCN)cc1. The van der Waals surface area contributed by atoms with E-state index < -0.39 is 0 Å². The highest BCUT2D eigenvalue weighted by Gasteiger charge is 2.29. The number of anilines is 1. The molecule has 106 valence electrons. The van der Waals surface area contributed by atoms with Crippen LogP contribution in [0.2, 0.25) is 0 Å². The Hall–Kier alpha value is -1.06. The molecule has 0 aromatic heterocycles. The zero-order chi connectivity index (χ0) is 13.8. The van der Waals surface area contributed by atoms with E-state index in [0.717, 1.165) is 32.5 Å². The van der Waals surface area contributed by atoms with Crippen molar-refractivity contribution >= 4 is 5.69 Å². The lowest BCUT2D eigenvalue weighted by atomic mass is 10.0. The molecule has 1 aliphatic rings. The molecule has 3 nitrogen and oxygen atoms in total. The van der Waals surface area contributed by atoms with E-state index in [-0.39, 0.29) is 0 Å². The number of benzene rings is 1. The number of nitrogens with zero attached hydrogens (tertiary/aromatic N) is 2. The molecule has 3 heteroatoms. The van der Waals surface area contributed by atoms with E-state index in [2.05, 4.69) is 55.0 Å². The Morgan fingerprint density at radius 2 is 1.89 bits per heavy atom. The summed E-state index contributed by atoms with van der Waals surface area (Å²) in [6.07, 6.45) is 2.16. The van der Waals surface area contributed by atoms with E-state index in [4.69, 9.17) is 5.73 Å². The van der Waals surface area contributed by atoms with Gasteiger partial charge in [-0.1, -0.05) is 19.1 Å². The number of likely N-dealkylation sites (N-methyl/N-ethyl adjacent to an activating group) is 1. The molecule has 2 atom stereocenters. The molecular formula is C16H27N3. The van der Waals surface area contributed by atoms with Gasteiger partial charge in [0.05, 0.1) is 0 Å². The summed E-state index contributed by atoms with van der Waals surface area (Å²) in [6, 6.07) is 10.2. The Morgan fingerprint density at radius 1 is 1.21 bits per heavy atom. The van der Waals surface area contributed by atoms with Gasteiger partial charge < -0.3 is 10.6 Å². The predicted octanol–water partition coefficient (Wildman–Crippen LogP) is 2.11. The van der Waals surface area contributed by atoms with Gasteiger partial charge in [-0.15, -0.1) is 0 Å². The largest absolute Gasteiger partial charge is 0.366 e. The minimum absolute atomic E-state index is 0.540. The van der Waals surface area contributed by atoms with Crippen LogP contribution in [0, 0.1) is 0 Å². The van der Waals surface area contributed by atoms with Crippen LogP contribution >= 0.6 is 0 Å². The van der Waals surface area contributed by atoms with Crippen molar-refractivity contribution in [3.8, 4) is 0 Å². The van der Waals surface area contributed by atoms with Crippen LogP contribution in [-0.2, 0) is 6.42 Å². The summed E-state index contributed by atoms with van der Waals surface area (Å²) < 4.78 is 0. The highest BCUT2D eigenvalue weighted by atomic mass is 15.3. The summed E-state index contributed by atoms with van der Waals surface area (Å²) in [6.45, 7) is 7.45. The second-order valence-corrected chi connectivity index (χ2v) is 5.69. The van der Waals surface area contributed by atoms with Gasteiger partial charge in [-0.3, -0.25) is 4.90 Å². The van der Waals surface area contributed by atoms with Crippen LogP contribution in [0.3, 0.4) is 0 Å². The molecular weight excluding hydrogens is 234 g/mol. The maximum atomic E-state index is 5.78. The summed E-state index contributed by atoms with van der Waals surface area (Å²) in [5.41, 5.74) is 8.53. The maximum absolute atomic E-state index is 5.78. The fourth-order valence-electron chi connectivity index (χ4n) is 2.86. The van der Waals surface area contributed by atoms with Gasteiger partial charge in [-0.25, -0.2) is 0 Å². The van der Waals surface area contributed by atoms with Gasteiger partial charge in [0.25, 0.3) is 0 Å². The molecule has 0 radical (unpaired) electrons. The second kappa shape index (κ2) is 6.40. The number of aryl methyl sites for hydroxylation is 1. The van der Waals surface area contributed by atoms with Gasteiger partial charge in [-0.2, -0.15) is 0 Å². The number of piperazine rings is 1. The third-order valence-corrected chi connectivity index (χ3v) is 4.33. The normalized spacial score (nSPS) is 24.7. The molecule has 2 N–H and O–H groups in total. The van der Waals surface area contributed by atoms with Crippen LogP contribution < -0.4 is 10.6 Å². The highest BCUT2D eigenvalue weighted by Crippen LogP contribution is 2.24. The van der Waals surface area contributed by atoms with Crippen molar-refractivity contribution in [1.82, 2.24) is 4.90 Å². The molecule has 1 fully saturated rings. The Kier molecular flexibility index (Phi) is 4.83. The van der Waals surface area contributed by atoms with Gasteiger partial charge in [0.15, 0.2) is 0 Å². The quantitative estimate of drug-likeness (QED) is 0.901. The van der Waals surface area contributed by atoms with Crippen molar-refractivity contribution in [3.63, 3.8) is 0 Å². The van der Waals surface area contributed by atoms with Crippen LogP contribution in [0.5, 0.6) is 0 Å². The van der Waals surface area contributed by atoms with E-state index in [1.807, 2.05) is 0 Å². The maximum Gasteiger partial charge on any atom is 0.0429 e. The molecule has 19 heavy (non-hydrogen) atoms. The van der Waals surface area contributed by atoms with Gasteiger partial charge >= 0.3 is 0 Å². The van der Waals surface area contributed by atoms with Crippen LogP contribution in [0.25, 0.3) is 0 Å². The Labute approximate surface area is 117 Å². The van der Waals surface area contributed by atoms with Gasteiger partial charge in [-0.05, 0) is 51.1 Å². The molecule has 0 bridgehead atoms. The molecule has 1 aliphatic heterocycles. The predicted molar refractivity (Wildman–Crippen MR) is 82.7 cm³/mol. The third kappa shape index (κ3) is 3.28. The van der Waals surface area contributed by atoms with E-state index in [9.17, 15) is 0 Å². The standard InChI is InChI=1S/C16H27N3/c1-4-14-5-7-15(8-6-14)19-11-13(2)18(3)12-16(19)9-10-17/h5-8,13,16H,4,9-12,17H2,1-3H3. The van der Waals surface area contributed by atoms with Crippen LogP contribution in [0.4, 0.5) is 5.69 Å². The van der Waals surface area contributed by atoms with Crippen LogP contribution in [0.1, 0.15) is 25.8 Å². The minimum atomic E-state index is 0.540. The zero-order valence-corrected chi connectivity index (χ0v) is 12.5. The Morgan fingerprint density at radius 3 is 2.47 bits per heavy atom. The minimum Gasteiger partial charge on any atom is -0.366 e. The topological polar surface area (TPSA) is 32.5 Å². The monoisotopic (exact) mass is 261 g/mol. The third-order valence-electron chi connectivity index (χ3n) is 4.33. The molecule has 1 aromatic carbocycles. The molecule has 0 aliphatic carbocycles. The van der Waals surface area contributed by atoms with Crippen LogP contribution in [-0.4, -0.2) is 43.7 Å². The van der Waals surface area contributed by atoms with E-state index in [0.29, 0.717) is 12.1 Å². The average Bonchev–Trinajstić information content (AvgIpc) is 2.43. The van der Waals surface area contributed by atoms with E-state index in [1.165, 1.54) is 11.3 Å². The molecule has 1 heterocycles. The second-order valence-electron chi connectivity index (χ2n) is 5.69. The van der Waals surface area contributed by atoms with Gasteiger partial charge in [0.2, 0.25) is 0 Å². The lowest BCUT2D eigenvalue weighted by molar-refractivity contribution is 0.196. The molecule has 0 amide bonds. The van der Waals surface area contributed by atoms with Crippen molar-refractivity contribution in [2.45, 2.75) is 38.8 Å². The van der Waals surface area contributed by atoms with E-state index in [1.54, 1.807) is 0 Å². The molecule has 2 rings (SSSR count). The summed E-state index contributed by atoms with van der Waals surface area (Å²) in [5, 5.41) is 0. The molecule has 1 saturated heterocycles. The van der Waals surface area contributed by atoms with Crippen molar-refractivity contribution < 1.29 is 0 Å². The van der Waals surface area contributed by atoms with Crippen molar-refractivity contribution in [1.29, 1.82) is 0 Å². The first kappa shape index (κ1) is 14.4. The van der Waals surface area contributed by atoms with Crippen molar-refractivity contribution in [2.75, 3.05) is 31.6 Å². The fraction of sp³-hybridized carbons (Fsp3) is 0.625. The Bertz CT molecular complexity index is 387. The highest BCUT2D eigenvalue weighted by molar-refractivity contribution is 5.49. The molecule has 0 saturated carbocycles. The van der Waals surface area contributed by atoms with Crippen molar-refractivity contribution in [2.24, 2.45) is 5.73 Å². The smallest absolute Gasteiger partial charge is 0.0429 e. The number of nitrogens with two attached hydrogens (primary N) is 1. The number of hydrogen-bond acceptors (Lipinski definition) is 3. The molecule has 1 aromatic rings. The van der Waals surface area contributed by atoms with Gasteiger partial charge in [0, 0.05) is 30.9 Å². The molecule has 2 unspecified atom stereocenters. The van der Waals surface area contributed by atoms with E-state index >= 15 is 0 Å². The summed E-state index contributed by atoms with van der Waals surface area (Å²) in [7, 11) is 2.21. The fourth-order valence-corrected chi connectivity index (χ4v) is 2.86. The first-order valence-electron chi connectivity index (χ1n) is 7.41. The number of hydrogen-bond donors (Lipinski definition) is 1. The first-order valence-corrected chi connectivity index (χ1v) is 7.41. The average molecular weight is 261 g/mol. The van der Waals surface area contributed by atoms with Crippen molar-refractivity contribution in [3.05, 3.63) is 29.8 Å². The zero-order valence-electron chi connectivity index (χ0n) is 12.5. The summed E-state index contributed by atoms with van der Waals surface area (Å²) in [5.74, 6) is 0. The Balaban J connectivity index is 2.17. The van der Waals surface area contributed by atoms with Gasteiger partial charge in [0.1, 0.15) is 0 Å². The first-order chi connectivity index (χ1) is 9.15.